The van der Waals surface area contributed by atoms with Gasteiger partial charge in [-0.3, -0.25) is 9.67 Å². The van der Waals surface area contributed by atoms with Crippen LogP contribution in [0.5, 0.6) is 11.5 Å². The van der Waals surface area contributed by atoms with Crippen LogP contribution in [0.4, 0.5) is 0 Å². The van der Waals surface area contributed by atoms with E-state index in [0.717, 1.165) is 29.7 Å². The van der Waals surface area contributed by atoms with Crippen molar-refractivity contribution in [3.8, 4) is 11.5 Å². The number of hydrogen-bond acceptors (Lipinski definition) is 4. The molecule has 0 spiro atoms. The second-order valence-electron chi connectivity index (χ2n) is 6.68. The Morgan fingerprint density at radius 1 is 1.24 bits per heavy atom. The third-order valence-corrected chi connectivity index (χ3v) is 4.43. The second kappa shape index (κ2) is 7.04. The summed E-state index contributed by atoms with van der Waals surface area (Å²) >= 11 is 0. The summed E-state index contributed by atoms with van der Waals surface area (Å²) in [5, 5.41) is 10.9. The van der Waals surface area contributed by atoms with Gasteiger partial charge in [-0.1, -0.05) is 19.9 Å². The topological polar surface area (TPSA) is 72.7 Å². The minimum Gasteiger partial charge on any atom is -0.454 e. The van der Waals surface area contributed by atoms with E-state index in [1.165, 1.54) is 5.56 Å². The Kier molecular flexibility index (Phi) is 4.83. The van der Waals surface area contributed by atoms with Gasteiger partial charge < -0.3 is 20.1 Å². The molecule has 0 saturated heterocycles. The molecule has 0 atom stereocenters. The number of nitrogens with one attached hydrogen (secondary N) is 2. The van der Waals surface area contributed by atoms with Gasteiger partial charge in [0.15, 0.2) is 17.5 Å². The van der Waals surface area contributed by atoms with Crippen LogP contribution in [-0.4, -0.2) is 36.1 Å². The number of hydrogen-bond donors (Lipinski definition) is 2. The van der Waals surface area contributed by atoms with Gasteiger partial charge in [0, 0.05) is 32.3 Å². The van der Waals surface area contributed by atoms with E-state index in [0.29, 0.717) is 13.3 Å². The summed E-state index contributed by atoms with van der Waals surface area (Å²) in [4.78, 5) is 4.29. The maximum atomic E-state index is 5.49. The van der Waals surface area contributed by atoms with E-state index in [4.69, 9.17) is 9.47 Å². The fourth-order valence-corrected chi connectivity index (χ4v) is 2.69. The van der Waals surface area contributed by atoms with Crippen LogP contribution in [0.1, 0.15) is 25.1 Å². The largest absolute Gasteiger partial charge is 0.454 e. The molecule has 0 amide bonds. The number of nitrogens with zero attached hydrogens (tertiary/aromatic N) is 3. The zero-order chi connectivity index (χ0) is 17.9. The van der Waals surface area contributed by atoms with Crippen molar-refractivity contribution in [3.63, 3.8) is 0 Å². The van der Waals surface area contributed by atoms with Gasteiger partial charge in [-0.2, -0.15) is 5.10 Å². The molecule has 0 aliphatic carbocycles. The summed E-state index contributed by atoms with van der Waals surface area (Å²) in [6.07, 6.45) is 1.79. The maximum absolute atomic E-state index is 5.49. The zero-order valence-electron chi connectivity index (χ0n) is 15.2. The third kappa shape index (κ3) is 3.87. The Hall–Kier alpha value is -2.70. The van der Waals surface area contributed by atoms with Crippen LogP contribution >= 0.6 is 0 Å². The Morgan fingerprint density at radius 2 is 2.04 bits per heavy atom. The molecule has 7 nitrogen and oxygen atoms in total. The van der Waals surface area contributed by atoms with Crippen molar-refractivity contribution in [2.24, 2.45) is 12.0 Å². The van der Waals surface area contributed by atoms with E-state index < -0.39 is 0 Å². The number of ether oxygens (including phenoxy) is 2. The van der Waals surface area contributed by atoms with Crippen LogP contribution in [0.15, 0.2) is 35.5 Å². The van der Waals surface area contributed by atoms with Gasteiger partial charge in [-0.15, -0.1) is 0 Å². The SMILES string of the molecule is CN=C(NCc1ccnn1C)NCC(C)(C)c1ccc2c(c1)OCO2. The number of guanidine groups is 1. The molecule has 1 aliphatic heterocycles. The molecular weight excluding hydrogens is 318 g/mol. The molecule has 1 aromatic carbocycles. The Labute approximate surface area is 148 Å². The van der Waals surface area contributed by atoms with Gasteiger partial charge in [0.1, 0.15) is 0 Å². The van der Waals surface area contributed by atoms with E-state index in [1.807, 2.05) is 23.9 Å². The number of benzene rings is 1. The summed E-state index contributed by atoms with van der Waals surface area (Å²) in [6, 6.07) is 8.09. The number of fused-ring (bicyclic) bond motifs is 1. The normalized spacial score (nSPS) is 13.8. The first-order valence-electron chi connectivity index (χ1n) is 8.31. The van der Waals surface area contributed by atoms with Crippen LogP contribution in [0, 0.1) is 0 Å². The molecule has 0 fully saturated rings. The first kappa shape index (κ1) is 17.1. The molecule has 2 N–H and O–H groups in total. The summed E-state index contributed by atoms with van der Waals surface area (Å²) in [7, 11) is 3.70. The Bertz CT molecular complexity index is 767. The second-order valence-corrected chi connectivity index (χ2v) is 6.68. The fraction of sp³-hybridized carbons (Fsp3) is 0.444. The highest BCUT2D eigenvalue weighted by Crippen LogP contribution is 2.36. The van der Waals surface area contributed by atoms with E-state index in [1.54, 1.807) is 13.2 Å². The van der Waals surface area contributed by atoms with Gasteiger partial charge in [0.05, 0.1) is 12.2 Å². The first-order chi connectivity index (χ1) is 12.0. The van der Waals surface area contributed by atoms with Crippen LogP contribution in [0.2, 0.25) is 0 Å². The maximum Gasteiger partial charge on any atom is 0.231 e. The average molecular weight is 343 g/mol. The third-order valence-electron chi connectivity index (χ3n) is 4.43. The van der Waals surface area contributed by atoms with Crippen molar-refractivity contribution in [2.45, 2.75) is 25.8 Å². The van der Waals surface area contributed by atoms with E-state index >= 15 is 0 Å². The molecule has 1 aromatic heterocycles. The Balaban J connectivity index is 1.59. The van der Waals surface area contributed by atoms with Gasteiger partial charge in [0.25, 0.3) is 0 Å². The molecule has 2 heterocycles. The van der Waals surface area contributed by atoms with Crippen molar-refractivity contribution >= 4 is 5.96 Å². The van der Waals surface area contributed by atoms with Gasteiger partial charge in [-0.25, -0.2) is 0 Å². The van der Waals surface area contributed by atoms with Crippen LogP contribution in [-0.2, 0) is 19.0 Å². The number of aliphatic imine (C=N–C) groups is 1. The van der Waals surface area contributed by atoms with Crippen LogP contribution in [0.3, 0.4) is 0 Å². The molecule has 25 heavy (non-hydrogen) atoms. The predicted molar refractivity (Wildman–Crippen MR) is 97.0 cm³/mol. The molecule has 7 heteroatoms. The first-order valence-corrected chi connectivity index (χ1v) is 8.31. The van der Waals surface area contributed by atoms with E-state index in [2.05, 4.69) is 46.7 Å². The highest BCUT2D eigenvalue weighted by molar-refractivity contribution is 5.79. The van der Waals surface area contributed by atoms with Crippen molar-refractivity contribution < 1.29 is 9.47 Å². The number of rotatable bonds is 5. The number of aryl methyl sites for hydroxylation is 1. The lowest BCUT2D eigenvalue weighted by Crippen LogP contribution is -2.43. The van der Waals surface area contributed by atoms with Crippen LogP contribution in [0.25, 0.3) is 0 Å². The molecule has 3 rings (SSSR count). The van der Waals surface area contributed by atoms with Crippen molar-refractivity contribution in [3.05, 3.63) is 41.7 Å². The predicted octanol–water partition coefficient (Wildman–Crippen LogP) is 1.79. The summed E-state index contributed by atoms with van der Waals surface area (Å²) in [5.41, 5.74) is 2.19. The molecular formula is C18H25N5O2. The lowest BCUT2D eigenvalue weighted by Gasteiger charge is -2.27. The van der Waals surface area contributed by atoms with Crippen molar-refractivity contribution in [1.29, 1.82) is 0 Å². The lowest BCUT2D eigenvalue weighted by molar-refractivity contribution is 0.174. The molecule has 1 aliphatic rings. The molecule has 0 saturated carbocycles. The molecule has 0 radical (unpaired) electrons. The van der Waals surface area contributed by atoms with Crippen molar-refractivity contribution in [1.82, 2.24) is 20.4 Å². The van der Waals surface area contributed by atoms with Crippen LogP contribution < -0.4 is 20.1 Å². The fourth-order valence-electron chi connectivity index (χ4n) is 2.69. The summed E-state index contributed by atoms with van der Waals surface area (Å²) < 4.78 is 12.7. The Morgan fingerprint density at radius 3 is 2.76 bits per heavy atom. The summed E-state index contributed by atoms with van der Waals surface area (Å²) in [6.45, 7) is 6.07. The van der Waals surface area contributed by atoms with Gasteiger partial charge in [0.2, 0.25) is 6.79 Å². The average Bonchev–Trinajstić information content (AvgIpc) is 3.23. The lowest BCUT2D eigenvalue weighted by atomic mass is 9.84. The minimum absolute atomic E-state index is 0.0921. The molecule has 0 unspecified atom stereocenters. The molecule has 134 valence electrons. The minimum atomic E-state index is -0.0921. The van der Waals surface area contributed by atoms with Gasteiger partial charge in [-0.05, 0) is 23.8 Å². The smallest absolute Gasteiger partial charge is 0.231 e. The highest BCUT2D eigenvalue weighted by Gasteiger charge is 2.24. The standard InChI is InChI=1S/C18H25N5O2/c1-18(2,13-5-6-15-16(9-13)25-12-24-15)11-21-17(19-3)20-10-14-7-8-22-23(14)4/h5-9H,10-12H2,1-4H3,(H2,19,20,21). The van der Waals surface area contributed by atoms with E-state index in [9.17, 15) is 0 Å². The van der Waals surface area contributed by atoms with Crippen molar-refractivity contribution in [2.75, 3.05) is 20.4 Å². The zero-order valence-corrected chi connectivity index (χ0v) is 15.2. The quantitative estimate of drug-likeness (QED) is 0.640. The summed E-state index contributed by atoms with van der Waals surface area (Å²) in [5.74, 6) is 2.38. The monoisotopic (exact) mass is 343 g/mol. The molecule has 2 aromatic rings. The molecule has 0 bridgehead atoms. The number of aromatic nitrogens is 2. The van der Waals surface area contributed by atoms with E-state index in [-0.39, 0.29) is 5.41 Å². The highest BCUT2D eigenvalue weighted by atomic mass is 16.7. The van der Waals surface area contributed by atoms with Gasteiger partial charge >= 0.3 is 0 Å².